The number of rotatable bonds is 4. The molecule has 0 aliphatic rings. The molecule has 0 aliphatic carbocycles. The van der Waals surface area contributed by atoms with Gasteiger partial charge in [-0.25, -0.2) is 0 Å². The van der Waals surface area contributed by atoms with E-state index in [0.717, 1.165) is 5.69 Å². The zero-order valence-corrected chi connectivity index (χ0v) is 7.66. The molecule has 3 N–H and O–H groups in total. The first-order valence-corrected chi connectivity index (χ1v) is 4.35. The SMILES string of the molecule is CC[C@H](Nc1ccccc1)C(N)=O. The van der Waals surface area contributed by atoms with E-state index in [4.69, 9.17) is 5.73 Å². The number of para-hydroxylation sites is 1. The quantitative estimate of drug-likeness (QED) is 0.731. The van der Waals surface area contributed by atoms with E-state index in [-0.39, 0.29) is 11.9 Å². The summed E-state index contributed by atoms with van der Waals surface area (Å²) in [5.41, 5.74) is 6.12. The predicted molar refractivity (Wildman–Crippen MR) is 53.3 cm³/mol. The maximum Gasteiger partial charge on any atom is 0.239 e. The van der Waals surface area contributed by atoms with Crippen molar-refractivity contribution >= 4 is 11.6 Å². The predicted octanol–water partition coefficient (Wildman–Crippen LogP) is 1.36. The van der Waals surface area contributed by atoms with Gasteiger partial charge >= 0.3 is 0 Å². The molecule has 1 aromatic carbocycles. The van der Waals surface area contributed by atoms with Gasteiger partial charge in [0.15, 0.2) is 0 Å². The average Bonchev–Trinajstić information content (AvgIpc) is 2.15. The standard InChI is InChI=1S/C10H14N2O/c1-2-9(10(11)13)12-8-6-4-3-5-7-8/h3-7,9,12H,2H2,1H3,(H2,11,13)/t9-/m0/s1. The molecule has 0 spiro atoms. The summed E-state index contributed by atoms with van der Waals surface area (Å²) in [6.07, 6.45) is 0.699. The van der Waals surface area contributed by atoms with Gasteiger partial charge < -0.3 is 11.1 Å². The summed E-state index contributed by atoms with van der Waals surface area (Å²) in [5.74, 6) is -0.314. The lowest BCUT2D eigenvalue weighted by atomic mass is 10.2. The van der Waals surface area contributed by atoms with Crippen LogP contribution in [0.5, 0.6) is 0 Å². The lowest BCUT2D eigenvalue weighted by Gasteiger charge is -2.13. The number of primary amides is 1. The first-order valence-electron chi connectivity index (χ1n) is 4.35. The molecule has 1 aromatic rings. The molecule has 0 saturated carbocycles. The third kappa shape index (κ3) is 2.78. The van der Waals surface area contributed by atoms with E-state index in [1.165, 1.54) is 0 Å². The van der Waals surface area contributed by atoms with Crippen molar-refractivity contribution in [3.8, 4) is 0 Å². The van der Waals surface area contributed by atoms with Gasteiger partial charge in [0.1, 0.15) is 6.04 Å². The zero-order chi connectivity index (χ0) is 9.68. The van der Waals surface area contributed by atoms with Crippen LogP contribution in [0, 0.1) is 0 Å². The summed E-state index contributed by atoms with van der Waals surface area (Å²) >= 11 is 0. The second kappa shape index (κ2) is 4.50. The van der Waals surface area contributed by atoms with Gasteiger partial charge in [0.2, 0.25) is 5.91 Å². The number of nitrogens with two attached hydrogens (primary N) is 1. The number of nitrogens with one attached hydrogen (secondary N) is 1. The highest BCUT2D eigenvalue weighted by Gasteiger charge is 2.11. The number of hydrogen-bond donors (Lipinski definition) is 2. The molecule has 3 nitrogen and oxygen atoms in total. The van der Waals surface area contributed by atoms with Crippen LogP contribution >= 0.6 is 0 Å². The fraction of sp³-hybridized carbons (Fsp3) is 0.300. The summed E-state index contributed by atoms with van der Waals surface area (Å²) in [6.45, 7) is 1.92. The van der Waals surface area contributed by atoms with E-state index in [1.54, 1.807) is 0 Å². The number of benzene rings is 1. The average molecular weight is 178 g/mol. The highest BCUT2D eigenvalue weighted by Crippen LogP contribution is 2.08. The maximum atomic E-state index is 10.9. The lowest BCUT2D eigenvalue weighted by molar-refractivity contribution is -0.118. The molecule has 0 bridgehead atoms. The summed E-state index contributed by atoms with van der Waals surface area (Å²) in [4.78, 5) is 10.9. The normalized spacial score (nSPS) is 12.1. The van der Waals surface area contributed by atoms with Gasteiger partial charge in [-0.2, -0.15) is 0 Å². The van der Waals surface area contributed by atoms with Gasteiger partial charge in [0.25, 0.3) is 0 Å². The van der Waals surface area contributed by atoms with E-state index in [0.29, 0.717) is 6.42 Å². The van der Waals surface area contributed by atoms with Gasteiger partial charge in [0, 0.05) is 5.69 Å². The van der Waals surface area contributed by atoms with Gasteiger partial charge in [0.05, 0.1) is 0 Å². The minimum atomic E-state index is -0.314. The Morgan fingerprint density at radius 1 is 1.46 bits per heavy atom. The molecule has 3 heteroatoms. The molecule has 0 saturated heterocycles. The third-order valence-electron chi connectivity index (χ3n) is 1.87. The Hall–Kier alpha value is -1.51. The van der Waals surface area contributed by atoms with Gasteiger partial charge in [-0.15, -0.1) is 0 Å². The first-order chi connectivity index (χ1) is 6.24. The largest absolute Gasteiger partial charge is 0.374 e. The number of carbonyl (C=O) groups excluding carboxylic acids is 1. The van der Waals surface area contributed by atoms with E-state index in [2.05, 4.69) is 5.32 Å². The van der Waals surface area contributed by atoms with Crippen molar-refractivity contribution in [1.29, 1.82) is 0 Å². The Morgan fingerprint density at radius 3 is 2.54 bits per heavy atom. The fourth-order valence-corrected chi connectivity index (χ4v) is 1.11. The zero-order valence-electron chi connectivity index (χ0n) is 7.66. The fourth-order valence-electron chi connectivity index (χ4n) is 1.11. The van der Waals surface area contributed by atoms with Crippen LogP contribution in [0.4, 0.5) is 5.69 Å². The Labute approximate surface area is 77.9 Å². The molecule has 0 aromatic heterocycles. The topological polar surface area (TPSA) is 55.1 Å². The second-order valence-corrected chi connectivity index (χ2v) is 2.87. The third-order valence-corrected chi connectivity index (χ3v) is 1.87. The van der Waals surface area contributed by atoms with Crippen LogP contribution < -0.4 is 11.1 Å². The minimum Gasteiger partial charge on any atom is -0.374 e. The van der Waals surface area contributed by atoms with Gasteiger partial charge in [-0.05, 0) is 18.6 Å². The van der Waals surface area contributed by atoms with Gasteiger partial charge in [-0.1, -0.05) is 25.1 Å². The Bertz CT molecular complexity index is 272. The van der Waals surface area contributed by atoms with Crippen molar-refractivity contribution in [3.63, 3.8) is 0 Å². The molecule has 1 amide bonds. The summed E-state index contributed by atoms with van der Waals surface area (Å²) < 4.78 is 0. The van der Waals surface area contributed by atoms with E-state index < -0.39 is 0 Å². The van der Waals surface area contributed by atoms with Crippen LogP contribution in [0.2, 0.25) is 0 Å². The number of carbonyl (C=O) groups is 1. The molecule has 0 fully saturated rings. The highest BCUT2D eigenvalue weighted by molar-refractivity contribution is 5.82. The van der Waals surface area contributed by atoms with Crippen LogP contribution in [-0.4, -0.2) is 11.9 Å². The van der Waals surface area contributed by atoms with E-state index in [9.17, 15) is 4.79 Å². The van der Waals surface area contributed by atoms with Crippen LogP contribution in [0.25, 0.3) is 0 Å². The molecule has 0 heterocycles. The molecule has 1 atom stereocenters. The van der Waals surface area contributed by atoms with Crippen molar-refractivity contribution in [2.75, 3.05) is 5.32 Å². The second-order valence-electron chi connectivity index (χ2n) is 2.87. The van der Waals surface area contributed by atoms with Crippen LogP contribution in [0.15, 0.2) is 30.3 Å². The lowest BCUT2D eigenvalue weighted by Crippen LogP contribution is -2.34. The smallest absolute Gasteiger partial charge is 0.239 e. The highest BCUT2D eigenvalue weighted by atomic mass is 16.1. The van der Waals surface area contributed by atoms with Gasteiger partial charge in [-0.3, -0.25) is 4.79 Å². The monoisotopic (exact) mass is 178 g/mol. The van der Waals surface area contributed by atoms with Crippen molar-refractivity contribution in [1.82, 2.24) is 0 Å². The summed E-state index contributed by atoms with van der Waals surface area (Å²) in [6, 6.07) is 9.29. The van der Waals surface area contributed by atoms with Crippen molar-refractivity contribution in [3.05, 3.63) is 30.3 Å². The van der Waals surface area contributed by atoms with Crippen molar-refractivity contribution in [2.45, 2.75) is 19.4 Å². The van der Waals surface area contributed by atoms with Crippen molar-refractivity contribution < 1.29 is 4.79 Å². The maximum absolute atomic E-state index is 10.9. The molecule has 0 aliphatic heterocycles. The minimum absolute atomic E-state index is 0.276. The van der Waals surface area contributed by atoms with Crippen LogP contribution in [0.3, 0.4) is 0 Å². The number of anilines is 1. The summed E-state index contributed by atoms with van der Waals surface area (Å²) in [7, 11) is 0. The molecule has 0 unspecified atom stereocenters. The molecular weight excluding hydrogens is 164 g/mol. The van der Waals surface area contributed by atoms with Crippen LogP contribution in [-0.2, 0) is 4.79 Å². The Kier molecular flexibility index (Phi) is 3.31. The van der Waals surface area contributed by atoms with Crippen LogP contribution in [0.1, 0.15) is 13.3 Å². The molecule has 0 radical (unpaired) electrons. The number of hydrogen-bond acceptors (Lipinski definition) is 2. The first kappa shape index (κ1) is 9.58. The molecule has 1 rings (SSSR count). The molecular formula is C10H14N2O. The van der Waals surface area contributed by atoms with Crippen molar-refractivity contribution in [2.24, 2.45) is 5.73 Å². The number of amides is 1. The summed E-state index contributed by atoms with van der Waals surface area (Å²) in [5, 5.41) is 3.05. The Balaban J connectivity index is 2.62. The molecule has 70 valence electrons. The molecule has 13 heavy (non-hydrogen) atoms. The Morgan fingerprint density at radius 2 is 2.08 bits per heavy atom. The van der Waals surface area contributed by atoms with E-state index >= 15 is 0 Å². The van der Waals surface area contributed by atoms with E-state index in [1.807, 2.05) is 37.3 Å².